The number of thiophene rings is 1. The fourth-order valence-electron chi connectivity index (χ4n) is 3.59. The van der Waals surface area contributed by atoms with Crippen molar-refractivity contribution < 1.29 is 14.0 Å². The van der Waals surface area contributed by atoms with Gasteiger partial charge >= 0.3 is 6.03 Å². The van der Waals surface area contributed by atoms with E-state index in [0.717, 1.165) is 28.1 Å². The number of hydrogen-bond donors (Lipinski definition) is 1. The van der Waals surface area contributed by atoms with Crippen molar-refractivity contribution >= 4 is 29.0 Å². The summed E-state index contributed by atoms with van der Waals surface area (Å²) in [5.74, 6) is -0.470. The number of carbonyl (C=O) groups is 2. The van der Waals surface area contributed by atoms with Crippen molar-refractivity contribution in [2.45, 2.75) is 53.2 Å². The Bertz CT molecular complexity index is 1110. The molecule has 3 rings (SSSR count). The Labute approximate surface area is 205 Å². The summed E-state index contributed by atoms with van der Waals surface area (Å²) < 4.78 is 13.4. The van der Waals surface area contributed by atoms with Crippen LogP contribution in [-0.4, -0.2) is 34.3 Å². The standard InChI is InChI=1S/C27H32FN3O2S/c1-5-20(3)31(27(33)29-25-9-7-6-8-19(25)2)18-26(32)30(17-24-15-10-21(4)34-24)16-22-11-13-23(28)14-12-22/h6-15,20H,5,16-18H2,1-4H3,(H,29,33). The molecule has 2 aromatic carbocycles. The number of para-hydroxylation sites is 1. The Morgan fingerprint density at radius 3 is 2.32 bits per heavy atom. The van der Waals surface area contributed by atoms with E-state index >= 15 is 0 Å². The molecule has 0 aliphatic heterocycles. The van der Waals surface area contributed by atoms with Gasteiger partial charge in [-0.25, -0.2) is 9.18 Å². The number of nitrogens with one attached hydrogen (secondary N) is 1. The van der Waals surface area contributed by atoms with Gasteiger partial charge in [0.05, 0.1) is 6.54 Å². The van der Waals surface area contributed by atoms with Crippen LogP contribution in [0.15, 0.2) is 60.7 Å². The third-order valence-corrected chi connectivity index (χ3v) is 6.84. The molecule has 0 spiro atoms. The zero-order chi connectivity index (χ0) is 24.7. The van der Waals surface area contributed by atoms with Crippen LogP contribution in [0, 0.1) is 19.7 Å². The number of aryl methyl sites for hydroxylation is 2. The van der Waals surface area contributed by atoms with Gasteiger partial charge in [-0.3, -0.25) is 4.79 Å². The van der Waals surface area contributed by atoms with E-state index in [1.807, 2.05) is 64.1 Å². The van der Waals surface area contributed by atoms with Crippen LogP contribution in [0.5, 0.6) is 0 Å². The monoisotopic (exact) mass is 481 g/mol. The van der Waals surface area contributed by atoms with Gasteiger partial charge < -0.3 is 15.1 Å². The summed E-state index contributed by atoms with van der Waals surface area (Å²) in [5.41, 5.74) is 2.52. The van der Waals surface area contributed by atoms with Crippen molar-refractivity contribution in [3.05, 3.63) is 87.4 Å². The lowest BCUT2D eigenvalue weighted by atomic mass is 10.2. The summed E-state index contributed by atoms with van der Waals surface area (Å²) in [4.78, 5) is 32.3. The Balaban J connectivity index is 1.80. The molecule has 5 nitrogen and oxygen atoms in total. The van der Waals surface area contributed by atoms with Crippen LogP contribution in [-0.2, 0) is 17.9 Å². The first kappa shape index (κ1) is 25.4. The van der Waals surface area contributed by atoms with Gasteiger partial charge in [0.15, 0.2) is 0 Å². The van der Waals surface area contributed by atoms with Crippen LogP contribution in [0.1, 0.15) is 41.1 Å². The lowest BCUT2D eigenvalue weighted by molar-refractivity contribution is -0.133. The fourth-order valence-corrected chi connectivity index (χ4v) is 4.50. The summed E-state index contributed by atoms with van der Waals surface area (Å²) in [5, 5.41) is 2.96. The van der Waals surface area contributed by atoms with E-state index < -0.39 is 0 Å². The summed E-state index contributed by atoms with van der Waals surface area (Å²) in [6.07, 6.45) is 0.719. The topological polar surface area (TPSA) is 52.7 Å². The van der Waals surface area contributed by atoms with Crippen molar-refractivity contribution in [2.24, 2.45) is 0 Å². The van der Waals surface area contributed by atoms with E-state index in [0.29, 0.717) is 13.1 Å². The lowest BCUT2D eigenvalue weighted by Crippen LogP contribution is -2.47. The van der Waals surface area contributed by atoms with Crippen LogP contribution in [0.4, 0.5) is 14.9 Å². The van der Waals surface area contributed by atoms with Gasteiger partial charge in [0.1, 0.15) is 12.4 Å². The smallest absolute Gasteiger partial charge is 0.322 e. The maximum Gasteiger partial charge on any atom is 0.322 e. The molecule has 34 heavy (non-hydrogen) atoms. The minimum atomic E-state index is -0.314. The first-order chi connectivity index (χ1) is 16.3. The van der Waals surface area contributed by atoms with E-state index in [9.17, 15) is 14.0 Å². The molecule has 180 valence electrons. The lowest BCUT2D eigenvalue weighted by Gasteiger charge is -2.31. The summed E-state index contributed by atoms with van der Waals surface area (Å²) in [6.45, 7) is 8.62. The van der Waals surface area contributed by atoms with Crippen molar-refractivity contribution in [2.75, 3.05) is 11.9 Å². The van der Waals surface area contributed by atoms with Crippen LogP contribution in [0.2, 0.25) is 0 Å². The predicted molar refractivity (Wildman–Crippen MR) is 136 cm³/mol. The Kier molecular flexibility index (Phi) is 8.82. The third-order valence-electron chi connectivity index (χ3n) is 5.86. The number of amides is 3. The van der Waals surface area contributed by atoms with Gasteiger partial charge in [-0.2, -0.15) is 0 Å². The number of benzene rings is 2. The molecule has 1 unspecified atom stereocenters. The fraction of sp³-hybridized carbons (Fsp3) is 0.333. The van der Waals surface area contributed by atoms with E-state index in [-0.39, 0.29) is 30.3 Å². The molecule has 0 aliphatic carbocycles. The summed E-state index contributed by atoms with van der Waals surface area (Å²) in [7, 11) is 0. The molecule has 3 aromatic rings. The zero-order valence-corrected chi connectivity index (χ0v) is 21.0. The first-order valence-corrected chi connectivity index (χ1v) is 12.3. The van der Waals surface area contributed by atoms with Crippen molar-refractivity contribution in [3.8, 4) is 0 Å². The van der Waals surface area contributed by atoms with Crippen LogP contribution < -0.4 is 5.32 Å². The Morgan fingerprint density at radius 2 is 1.71 bits per heavy atom. The number of nitrogens with zero attached hydrogens (tertiary/aromatic N) is 2. The van der Waals surface area contributed by atoms with E-state index in [2.05, 4.69) is 5.32 Å². The van der Waals surface area contributed by atoms with Gasteiger partial charge in [-0.15, -0.1) is 11.3 Å². The second-order valence-electron chi connectivity index (χ2n) is 8.52. The minimum Gasteiger partial charge on any atom is -0.332 e. The second kappa shape index (κ2) is 11.8. The highest BCUT2D eigenvalue weighted by atomic mass is 32.1. The van der Waals surface area contributed by atoms with Gasteiger partial charge in [-0.1, -0.05) is 37.3 Å². The van der Waals surface area contributed by atoms with Crippen LogP contribution in [0.3, 0.4) is 0 Å². The molecule has 1 heterocycles. The third kappa shape index (κ3) is 6.90. The van der Waals surface area contributed by atoms with Gasteiger partial charge in [0, 0.05) is 28.0 Å². The maximum absolute atomic E-state index is 13.5. The highest BCUT2D eigenvalue weighted by molar-refractivity contribution is 7.11. The molecular formula is C27H32FN3O2S. The number of carbonyl (C=O) groups excluding carboxylic acids is 2. The zero-order valence-electron chi connectivity index (χ0n) is 20.2. The number of rotatable bonds is 9. The number of halogens is 1. The Hall–Kier alpha value is -3.19. The van der Waals surface area contributed by atoms with Crippen molar-refractivity contribution in [1.29, 1.82) is 0 Å². The predicted octanol–water partition coefficient (Wildman–Crippen LogP) is 6.37. The highest BCUT2D eigenvalue weighted by Gasteiger charge is 2.25. The second-order valence-corrected chi connectivity index (χ2v) is 9.89. The molecule has 1 N–H and O–H groups in total. The maximum atomic E-state index is 13.5. The van der Waals surface area contributed by atoms with Gasteiger partial charge in [0.2, 0.25) is 5.91 Å². The number of hydrogen-bond acceptors (Lipinski definition) is 3. The molecule has 0 fully saturated rings. The molecule has 0 aliphatic rings. The van der Waals surface area contributed by atoms with Gasteiger partial charge in [0.25, 0.3) is 0 Å². The normalized spacial score (nSPS) is 11.7. The molecule has 1 aromatic heterocycles. The van der Waals surface area contributed by atoms with Crippen LogP contribution in [0.25, 0.3) is 0 Å². The molecular weight excluding hydrogens is 449 g/mol. The molecule has 7 heteroatoms. The molecule has 0 saturated heterocycles. The van der Waals surface area contributed by atoms with Crippen LogP contribution >= 0.6 is 11.3 Å². The average Bonchev–Trinajstić information content (AvgIpc) is 3.23. The average molecular weight is 482 g/mol. The summed E-state index contributed by atoms with van der Waals surface area (Å²) >= 11 is 1.64. The quantitative estimate of drug-likeness (QED) is 0.386. The largest absolute Gasteiger partial charge is 0.332 e. The highest BCUT2D eigenvalue weighted by Crippen LogP contribution is 2.20. The number of anilines is 1. The molecule has 0 saturated carbocycles. The summed E-state index contributed by atoms with van der Waals surface area (Å²) in [6, 6.07) is 17.4. The Morgan fingerprint density at radius 1 is 1.00 bits per heavy atom. The molecule has 0 radical (unpaired) electrons. The number of urea groups is 1. The van der Waals surface area contributed by atoms with Crippen molar-refractivity contribution in [1.82, 2.24) is 9.80 Å². The minimum absolute atomic E-state index is 0.0434. The van der Waals surface area contributed by atoms with E-state index in [4.69, 9.17) is 0 Å². The molecule has 1 atom stereocenters. The SMILES string of the molecule is CCC(C)N(CC(=O)N(Cc1ccc(F)cc1)Cc1ccc(C)s1)C(=O)Nc1ccccc1C. The van der Waals surface area contributed by atoms with E-state index in [1.54, 1.807) is 33.3 Å². The first-order valence-electron chi connectivity index (χ1n) is 11.5. The van der Waals surface area contributed by atoms with Gasteiger partial charge in [-0.05, 0) is 68.7 Å². The van der Waals surface area contributed by atoms with Crippen molar-refractivity contribution in [3.63, 3.8) is 0 Å². The van der Waals surface area contributed by atoms with E-state index in [1.165, 1.54) is 17.0 Å². The molecule has 3 amide bonds. The molecule has 0 bridgehead atoms.